The van der Waals surface area contributed by atoms with E-state index in [0.717, 1.165) is 24.2 Å². The molecule has 1 aliphatic heterocycles. The van der Waals surface area contributed by atoms with Gasteiger partial charge in [-0.05, 0) is 44.4 Å². The summed E-state index contributed by atoms with van der Waals surface area (Å²) in [6, 6.07) is 7.74. The van der Waals surface area contributed by atoms with Crippen molar-refractivity contribution in [2.75, 3.05) is 13.7 Å². The topological polar surface area (TPSA) is 90.5 Å². The third-order valence-corrected chi connectivity index (χ3v) is 4.88. The van der Waals surface area contributed by atoms with Gasteiger partial charge in [-0.25, -0.2) is 0 Å². The third-order valence-electron chi connectivity index (χ3n) is 4.88. The Kier molecular flexibility index (Phi) is 4.92. The molecular formula is C18H22N4O4. The van der Waals surface area contributed by atoms with Gasteiger partial charge in [0.1, 0.15) is 23.7 Å². The van der Waals surface area contributed by atoms with Gasteiger partial charge >= 0.3 is 5.69 Å². The molecule has 0 saturated carbocycles. The van der Waals surface area contributed by atoms with Crippen LogP contribution in [0.15, 0.2) is 24.3 Å². The second-order valence-electron chi connectivity index (χ2n) is 6.45. The van der Waals surface area contributed by atoms with E-state index in [-0.39, 0.29) is 24.2 Å². The second-order valence-corrected chi connectivity index (χ2v) is 6.45. The van der Waals surface area contributed by atoms with Crippen molar-refractivity contribution >= 4 is 11.6 Å². The van der Waals surface area contributed by atoms with Gasteiger partial charge in [0.15, 0.2) is 0 Å². The van der Waals surface area contributed by atoms with Gasteiger partial charge in [0.2, 0.25) is 5.91 Å². The molecule has 8 nitrogen and oxygen atoms in total. The van der Waals surface area contributed by atoms with Crippen molar-refractivity contribution in [3.63, 3.8) is 0 Å². The number of nitrogens with zero attached hydrogens (tertiary/aromatic N) is 4. The molecule has 1 saturated heterocycles. The average Bonchev–Trinajstić information content (AvgIpc) is 3.20. The number of methoxy groups -OCH3 is 1. The molecule has 2 heterocycles. The Morgan fingerprint density at radius 1 is 1.35 bits per heavy atom. The van der Waals surface area contributed by atoms with Crippen molar-refractivity contribution in [1.82, 2.24) is 14.7 Å². The van der Waals surface area contributed by atoms with Crippen molar-refractivity contribution in [1.29, 1.82) is 0 Å². The van der Waals surface area contributed by atoms with Crippen LogP contribution >= 0.6 is 0 Å². The zero-order chi connectivity index (χ0) is 18.8. The molecule has 0 bridgehead atoms. The highest BCUT2D eigenvalue weighted by Crippen LogP contribution is 2.33. The summed E-state index contributed by atoms with van der Waals surface area (Å²) in [7, 11) is 1.62. The van der Waals surface area contributed by atoms with E-state index in [0.29, 0.717) is 17.9 Å². The lowest BCUT2D eigenvalue weighted by molar-refractivity contribution is -0.386. The van der Waals surface area contributed by atoms with E-state index in [1.165, 1.54) is 4.68 Å². The average molecular weight is 358 g/mol. The summed E-state index contributed by atoms with van der Waals surface area (Å²) in [5.74, 6) is 0.698. The molecule has 1 aromatic carbocycles. The summed E-state index contributed by atoms with van der Waals surface area (Å²) < 4.78 is 6.61. The van der Waals surface area contributed by atoms with Crippen LogP contribution in [0.1, 0.15) is 35.8 Å². The molecule has 1 atom stereocenters. The Morgan fingerprint density at radius 3 is 2.62 bits per heavy atom. The number of benzene rings is 1. The lowest BCUT2D eigenvalue weighted by Gasteiger charge is -2.25. The predicted octanol–water partition coefficient (Wildman–Crippen LogP) is 2.78. The maximum absolute atomic E-state index is 12.8. The maximum Gasteiger partial charge on any atom is 0.312 e. The number of ether oxygens (including phenoxy) is 1. The number of carbonyl (C=O) groups excluding carboxylic acids is 1. The molecule has 138 valence electrons. The summed E-state index contributed by atoms with van der Waals surface area (Å²) in [6.45, 7) is 3.89. The normalized spacial score (nSPS) is 16.7. The van der Waals surface area contributed by atoms with Gasteiger partial charge in [-0.1, -0.05) is 12.1 Å². The molecule has 0 spiro atoms. The lowest BCUT2D eigenvalue weighted by atomic mass is 10.0. The highest BCUT2D eigenvalue weighted by molar-refractivity contribution is 5.77. The van der Waals surface area contributed by atoms with Gasteiger partial charge < -0.3 is 9.64 Å². The van der Waals surface area contributed by atoms with Crippen LogP contribution in [-0.2, 0) is 11.3 Å². The largest absolute Gasteiger partial charge is 0.497 e. The van der Waals surface area contributed by atoms with Crippen LogP contribution in [0.4, 0.5) is 5.69 Å². The van der Waals surface area contributed by atoms with E-state index in [9.17, 15) is 14.9 Å². The fraction of sp³-hybridized carbons (Fsp3) is 0.444. The summed E-state index contributed by atoms with van der Waals surface area (Å²) in [6.07, 6.45) is 1.83. The lowest BCUT2D eigenvalue weighted by Crippen LogP contribution is -2.34. The van der Waals surface area contributed by atoms with Gasteiger partial charge in [0.25, 0.3) is 0 Å². The molecule has 8 heteroatoms. The molecule has 1 fully saturated rings. The first kappa shape index (κ1) is 17.9. The first-order valence-corrected chi connectivity index (χ1v) is 8.54. The van der Waals surface area contributed by atoms with Gasteiger partial charge in [0.05, 0.1) is 18.1 Å². The molecule has 0 radical (unpaired) electrons. The standard InChI is InChI=1S/C18H22N4O4/c1-12-18(22(24)25)13(2)21(19-12)11-17(23)20-10-4-5-16(20)14-6-8-15(26-3)9-7-14/h6-9,16H,4-5,10-11H2,1-3H3. The molecule has 2 aromatic rings. The van der Waals surface area contributed by atoms with Crippen LogP contribution in [0.2, 0.25) is 0 Å². The van der Waals surface area contributed by atoms with E-state index in [2.05, 4.69) is 5.10 Å². The van der Waals surface area contributed by atoms with Crippen LogP contribution < -0.4 is 4.74 Å². The quantitative estimate of drug-likeness (QED) is 0.605. The highest BCUT2D eigenvalue weighted by atomic mass is 16.6. The van der Waals surface area contributed by atoms with Crippen LogP contribution in [-0.4, -0.2) is 39.2 Å². The Hall–Kier alpha value is -2.90. The minimum Gasteiger partial charge on any atom is -0.497 e. The first-order chi connectivity index (χ1) is 12.4. The Bertz CT molecular complexity index is 828. The van der Waals surface area contributed by atoms with Gasteiger partial charge in [0, 0.05) is 6.54 Å². The number of hydrogen-bond donors (Lipinski definition) is 0. The number of likely N-dealkylation sites (tertiary alicyclic amines) is 1. The van der Waals surface area contributed by atoms with Gasteiger partial charge in [-0.2, -0.15) is 5.10 Å². The fourth-order valence-electron chi connectivity index (χ4n) is 3.56. The molecule has 1 aromatic heterocycles. The van der Waals surface area contributed by atoms with Crippen LogP contribution in [0.5, 0.6) is 5.75 Å². The number of carbonyl (C=O) groups is 1. The first-order valence-electron chi connectivity index (χ1n) is 8.54. The Morgan fingerprint density at radius 2 is 2.04 bits per heavy atom. The van der Waals surface area contributed by atoms with Crippen LogP contribution in [0, 0.1) is 24.0 Å². The molecule has 0 N–H and O–H groups in total. The third kappa shape index (κ3) is 3.26. The van der Waals surface area contributed by atoms with Crippen molar-refractivity contribution in [3.05, 3.63) is 51.3 Å². The summed E-state index contributed by atoms with van der Waals surface area (Å²) in [4.78, 5) is 25.4. The van der Waals surface area contributed by atoms with Gasteiger partial charge in [-0.3, -0.25) is 19.6 Å². The van der Waals surface area contributed by atoms with Crippen molar-refractivity contribution in [2.45, 2.75) is 39.3 Å². The number of aryl methyl sites for hydroxylation is 1. The zero-order valence-corrected chi connectivity index (χ0v) is 15.1. The van der Waals surface area contributed by atoms with E-state index in [4.69, 9.17) is 4.74 Å². The van der Waals surface area contributed by atoms with Crippen molar-refractivity contribution < 1.29 is 14.5 Å². The molecule has 1 unspecified atom stereocenters. The molecule has 3 rings (SSSR count). The molecule has 26 heavy (non-hydrogen) atoms. The summed E-state index contributed by atoms with van der Waals surface area (Å²) in [5.41, 5.74) is 1.77. The minimum absolute atomic E-state index is 0.00711. The number of nitro groups is 1. The van der Waals surface area contributed by atoms with Crippen molar-refractivity contribution in [2.24, 2.45) is 0 Å². The van der Waals surface area contributed by atoms with E-state index in [1.54, 1.807) is 21.0 Å². The minimum atomic E-state index is -0.450. The molecule has 1 aliphatic rings. The number of rotatable bonds is 5. The molecule has 0 aliphatic carbocycles. The monoisotopic (exact) mass is 358 g/mol. The summed E-state index contributed by atoms with van der Waals surface area (Å²) in [5, 5.41) is 15.3. The zero-order valence-electron chi connectivity index (χ0n) is 15.1. The SMILES string of the molecule is COc1ccc(C2CCCN2C(=O)Cn2nc(C)c([N+](=O)[O-])c2C)cc1. The van der Waals surface area contributed by atoms with E-state index in [1.807, 2.05) is 29.2 Å². The van der Waals surface area contributed by atoms with Crippen LogP contribution in [0.25, 0.3) is 0 Å². The highest BCUT2D eigenvalue weighted by Gasteiger charge is 2.31. The predicted molar refractivity (Wildman–Crippen MR) is 95.0 cm³/mol. The van der Waals surface area contributed by atoms with Crippen molar-refractivity contribution in [3.8, 4) is 5.75 Å². The van der Waals surface area contributed by atoms with Gasteiger partial charge in [-0.15, -0.1) is 0 Å². The fourth-order valence-corrected chi connectivity index (χ4v) is 3.56. The Labute approximate surface area is 151 Å². The molecular weight excluding hydrogens is 336 g/mol. The van der Waals surface area contributed by atoms with E-state index >= 15 is 0 Å². The Balaban J connectivity index is 1.78. The summed E-state index contributed by atoms with van der Waals surface area (Å²) >= 11 is 0. The molecule has 1 amide bonds. The van der Waals surface area contributed by atoms with E-state index < -0.39 is 4.92 Å². The smallest absolute Gasteiger partial charge is 0.312 e. The number of hydrogen-bond acceptors (Lipinski definition) is 5. The number of amides is 1. The van der Waals surface area contributed by atoms with Crippen LogP contribution in [0.3, 0.4) is 0 Å². The second kappa shape index (κ2) is 7.15. The number of aromatic nitrogens is 2. The maximum atomic E-state index is 12.8.